The largest absolute Gasteiger partial charge is 0.274 e. The number of rotatable bonds is 6. The van der Waals surface area contributed by atoms with Gasteiger partial charge in [-0.2, -0.15) is 11.8 Å². The number of hydrogen-bond donors (Lipinski definition) is 1. The number of carbonyl (C=O) groups is 1. The standard InChI is InChI=1S/C13H19NO3S2/c1-4-18-8-7-13(15)14-19(16,17)12-9-10(2)5-6-11(12)3/h5-6,9H,4,7-8H2,1-3H3,(H,14,15). The Morgan fingerprint density at radius 1 is 1.32 bits per heavy atom. The van der Waals surface area contributed by atoms with E-state index in [1.165, 1.54) is 0 Å². The fraction of sp³-hybridized carbons (Fsp3) is 0.462. The van der Waals surface area contributed by atoms with Crippen LogP contribution in [0.25, 0.3) is 0 Å². The summed E-state index contributed by atoms with van der Waals surface area (Å²) in [6, 6.07) is 5.15. The van der Waals surface area contributed by atoms with Gasteiger partial charge in [-0.3, -0.25) is 4.79 Å². The Hall–Kier alpha value is -1.01. The van der Waals surface area contributed by atoms with Crippen molar-refractivity contribution in [2.24, 2.45) is 0 Å². The molecule has 0 atom stereocenters. The van der Waals surface area contributed by atoms with E-state index in [2.05, 4.69) is 4.72 Å². The highest BCUT2D eigenvalue weighted by Crippen LogP contribution is 2.16. The van der Waals surface area contributed by atoms with E-state index < -0.39 is 15.9 Å². The Morgan fingerprint density at radius 2 is 2.00 bits per heavy atom. The van der Waals surface area contributed by atoms with Crippen molar-refractivity contribution in [2.45, 2.75) is 32.1 Å². The first kappa shape index (κ1) is 16.0. The van der Waals surface area contributed by atoms with Gasteiger partial charge in [0.15, 0.2) is 0 Å². The summed E-state index contributed by atoms with van der Waals surface area (Å²) >= 11 is 1.61. The molecule has 0 fully saturated rings. The van der Waals surface area contributed by atoms with Gasteiger partial charge in [-0.25, -0.2) is 13.1 Å². The minimum atomic E-state index is -3.76. The molecule has 1 amide bonds. The fourth-order valence-corrected chi connectivity index (χ4v) is 3.53. The third-order valence-corrected chi connectivity index (χ3v) is 4.98. The fourth-order valence-electron chi connectivity index (χ4n) is 1.56. The predicted molar refractivity (Wildman–Crippen MR) is 78.9 cm³/mol. The van der Waals surface area contributed by atoms with Crippen LogP contribution in [0.4, 0.5) is 0 Å². The summed E-state index contributed by atoms with van der Waals surface area (Å²) in [5.74, 6) is 1.09. The van der Waals surface area contributed by atoms with Crippen LogP contribution in [0.2, 0.25) is 0 Å². The lowest BCUT2D eigenvalue weighted by atomic mass is 10.2. The average molecular weight is 301 g/mol. The van der Waals surface area contributed by atoms with Crippen LogP contribution in [0, 0.1) is 13.8 Å². The Kier molecular flexibility index (Phi) is 5.87. The molecule has 1 N–H and O–H groups in total. The monoisotopic (exact) mass is 301 g/mol. The summed E-state index contributed by atoms with van der Waals surface area (Å²) in [5.41, 5.74) is 1.48. The number of benzene rings is 1. The summed E-state index contributed by atoms with van der Waals surface area (Å²) in [5, 5.41) is 0. The first-order valence-electron chi connectivity index (χ1n) is 6.07. The molecule has 1 aromatic rings. The van der Waals surface area contributed by atoms with Crippen LogP contribution in [0.5, 0.6) is 0 Å². The van der Waals surface area contributed by atoms with E-state index in [1.54, 1.807) is 30.8 Å². The minimum absolute atomic E-state index is 0.170. The molecule has 0 saturated carbocycles. The maximum atomic E-state index is 12.1. The molecule has 0 heterocycles. The molecular formula is C13H19NO3S2. The lowest BCUT2D eigenvalue weighted by Crippen LogP contribution is -2.31. The molecule has 0 bridgehead atoms. The van der Waals surface area contributed by atoms with Crippen LogP contribution >= 0.6 is 11.8 Å². The molecule has 0 unspecified atom stereocenters. The molecule has 0 aliphatic rings. The minimum Gasteiger partial charge on any atom is -0.274 e. The van der Waals surface area contributed by atoms with E-state index >= 15 is 0 Å². The quantitative estimate of drug-likeness (QED) is 0.819. The maximum Gasteiger partial charge on any atom is 0.264 e. The molecule has 19 heavy (non-hydrogen) atoms. The number of carbonyl (C=O) groups excluding carboxylic acids is 1. The summed E-state index contributed by atoms with van der Waals surface area (Å²) in [6.07, 6.45) is 0.211. The molecular weight excluding hydrogens is 282 g/mol. The van der Waals surface area contributed by atoms with Gasteiger partial charge in [-0.1, -0.05) is 19.1 Å². The van der Waals surface area contributed by atoms with Crippen LogP contribution in [0.1, 0.15) is 24.5 Å². The number of sulfonamides is 1. The second kappa shape index (κ2) is 6.96. The first-order chi connectivity index (χ1) is 8.86. The van der Waals surface area contributed by atoms with Gasteiger partial charge in [0.2, 0.25) is 5.91 Å². The van der Waals surface area contributed by atoms with Gasteiger partial charge in [0.05, 0.1) is 4.90 Å². The molecule has 4 nitrogen and oxygen atoms in total. The van der Waals surface area contributed by atoms with Gasteiger partial charge in [0.25, 0.3) is 10.0 Å². The summed E-state index contributed by atoms with van der Waals surface area (Å²) in [4.78, 5) is 11.8. The van der Waals surface area contributed by atoms with Crippen molar-refractivity contribution < 1.29 is 13.2 Å². The number of nitrogens with one attached hydrogen (secondary N) is 1. The maximum absolute atomic E-state index is 12.1. The van der Waals surface area contributed by atoms with Gasteiger partial charge in [-0.05, 0) is 36.8 Å². The summed E-state index contributed by atoms with van der Waals surface area (Å²) < 4.78 is 26.3. The SMILES string of the molecule is CCSCCC(=O)NS(=O)(=O)c1cc(C)ccc1C. The number of hydrogen-bond acceptors (Lipinski definition) is 4. The zero-order chi connectivity index (χ0) is 14.5. The van der Waals surface area contributed by atoms with Crippen LogP contribution in [0.15, 0.2) is 23.1 Å². The third-order valence-electron chi connectivity index (χ3n) is 2.56. The van der Waals surface area contributed by atoms with Crippen LogP contribution in [-0.2, 0) is 14.8 Å². The highest BCUT2D eigenvalue weighted by Gasteiger charge is 2.19. The Morgan fingerprint density at radius 3 is 2.63 bits per heavy atom. The Labute approximate surface area is 119 Å². The van der Waals surface area contributed by atoms with Gasteiger partial charge in [-0.15, -0.1) is 0 Å². The topological polar surface area (TPSA) is 63.2 Å². The van der Waals surface area contributed by atoms with Gasteiger partial charge < -0.3 is 0 Å². The van der Waals surface area contributed by atoms with Crippen molar-refractivity contribution in [3.05, 3.63) is 29.3 Å². The van der Waals surface area contributed by atoms with Crippen LogP contribution in [0.3, 0.4) is 0 Å². The average Bonchev–Trinajstić information content (AvgIpc) is 2.32. The molecule has 0 saturated heterocycles. The van der Waals surface area contributed by atoms with Crippen molar-refractivity contribution in [3.8, 4) is 0 Å². The van der Waals surface area contributed by atoms with Crippen molar-refractivity contribution in [1.29, 1.82) is 0 Å². The second-order valence-corrected chi connectivity index (χ2v) is 7.29. The lowest BCUT2D eigenvalue weighted by molar-refractivity contribution is -0.118. The highest BCUT2D eigenvalue weighted by atomic mass is 32.2. The third kappa shape index (κ3) is 4.87. The van der Waals surface area contributed by atoms with E-state index in [-0.39, 0.29) is 11.3 Å². The Bertz CT molecular complexity index is 553. The Balaban J connectivity index is 2.81. The second-order valence-electron chi connectivity index (χ2n) is 4.24. The molecule has 0 spiro atoms. The highest BCUT2D eigenvalue weighted by molar-refractivity contribution is 7.99. The molecule has 6 heteroatoms. The van der Waals surface area contributed by atoms with Crippen LogP contribution in [-0.4, -0.2) is 25.8 Å². The van der Waals surface area contributed by atoms with E-state index in [0.717, 1.165) is 11.3 Å². The first-order valence-corrected chi connectivity index (χ1v) is 8.71. The zero-order valence-corrected chi connectivity index (χ0v) is 13.0. The predicted octanol–water partition coefficient (Wildman–Crippen LogP) is 2.25. The summed E-state index contributed by atoms with van der Waals surface area (Å²) in [6.45, 7) is 5.53. The van der Waals surface area contributed by atoms with E-state index in [9.17, 15) is 13.2 Å². The number of amides is 1. The molecule has 0 aliphatic carbocycles. The normalized spacial score (nSPS) is 11.3. The van der Waals surface area contributed by atoms with Crippen LogP contribution < -0.4 is 4.72 Å². The van der Waals surface area contributed by atoms with Crippen molar-refractivity contribution in [1.82, 2.24) is 4.72 Å². The molecule has 0 aromatic heterocycles. The van der Waals surface area contributed by atoms with Crippen molar-refractivity contribution in [3.63, 3.8) is 0 Å². The number of aryl methyl sites for hydroxylation is 2. The molecule has 1 rings (SSSR count). The van der Waals surface area contributed by atoms with E-state index in [0.29, 0.717) is 11.3 Å². The molecule has 106 valence electrons. The van der Waals surface area contributed by atoms with E-state index in [1.807, 2.05) is 19.9 Å². The van der Waals surface area contributed by atoms with Gasteiger partial charge >= 0.3 is 0 Å². The van der Waals surface area contributed by atoms with E-state index in [4.69, 9.17) is 0 Å². The lowest BCUT2D eigenvalue weighted by Gasteiger charge is -2.10. The zero-order valence-electron chi connectivity index (χ0n) is 11.4. The van der Waals surface area contributed by atoms with Gasteiger partial charge in [0, 0.05) is 12.2 Å². The smallest absolute Gasteiger partial charge is 0.264 e. The summed E-state index contributed by atoms with van der Waals surface area (Å²) in [7, 11) is -3.76. The van der Waals surface area contributed by atoms with Crippen molar-refractivity contribution in [2.75, 3.05) is 11.5 Å². The molecule has 1 aromatic carbocycles. The molecule has 0 aliphatic heterocycles. The molecule has 0 radical (unpaired) electrons. The van der Waals surface area contributed by atoms with Gasteiger partial charge in [0.1, 0.15) is 0 Å². The number of thioether (sulfide) groups is 1. The van der Waals surface area contributed by atoms with Crippen molar-refractivity contribution >= 4 is 27.7 Å².